The van der Waals surface area contributed by atoms with Crippen molar-refractivity contribution in [2.45, 2.75) is 118 Å². The Bertz CT molecular complexity index is 950. The van der Waals surface area contributed by atoms with Crippen molar-refractivity contribution in [2.24, 2.45) is 56.7 Å². The van der Waals surface area contributed by atoms with Crippen molar-refractivity contribution in [3.63, 3.8) is 0 Å². The van der Waals surface area contributed by atoms with Gasteiger partial charge in [-0.1, -0.05) is 60.1 Å². The van der Waals surface area contributed by atoms with Crippen molar-refractivity contribution < 1.29 is 20.1 Å². The predicted octanol–water partition coefficient (Wildman–Crippen LogP) is 6.45. The summed E-state index contributed by atoms with van der Waals surface area (Å²) in [7, 11) is 0. The largest absolute Gasteiger partial charge is 0.481 e. The van der Waals surface area contributed by atoms with Crippen LogP contribution in [0.5, 0.6) is 0 Å². The van der Waals surface area contributed by atoms with Crippen LogP contribution in [0.1, 0.15) is 107 Å². The van der Waals surface area contributed by atoms with Crippen LogP contribution in [0.4, 0.5) is 0 Å². The molecule has 0 aliphatic heterocycles. The van der Waals surface area contributed by atoms with Gasteiger partial charge < -0.3 is 15.3 Å². The summed E-state index contributed by atoms with van der Waals surface area (Å²) < 4.78 is 0. The predicted molar refractivity (Wildman–Crippen MR) is 139 cm³/mol. The molecule has 0 spiro atoms. The van der Waals surface area contributed by atoms with E-state index in [1.54, 1.807) is 0 Å². The van der Waals surface area contributed by atoms with Crippen molar-refractivity contribution >= 4 is 5.97 Å². The topological polar surface area (TPSA) is 77.8 Å². The Morgan fingerprint density at radius 3 is 2.23 bits per heavy atom. The van der Waals surface area contributed by atoms with Crippen LogP contribution in [0.2, 0.25) is 0 Å². The lowest BCUT2D eigenvalue weighted by Crippen LogP contribution is -2.68. The first kappa shape index (κ1) is 25.8. The molecule has 11 atom stereocenters. The molecule has 0 aromatic heterocycles. The summed E-state index contributed by atoms with van der Waals surface area (Å²) in [4.78, 5) is 12.9. The highest BCUT2D eigenvalue weighted by molar-refractivity contribution is 5.77. The molecular weight excluding hydrogens is 436 g/mol. The summed E-state index contributed by atoms with van der Waals surface area (Å²) in [6.07, 6.45) is 9.38. The first-order valence-electron chi connectivity index (χ1n) is 14.3. The number of allylic oxidation sites excluding steroid dienone is 1. The molecule has 0 radical (unpaired) electrons. The molecule has 0 heterocycles. The molecule has 4 heteroatoms. The van der Waals surface area contributed by atoms with E-state index >= 15 is 0 Å². The first-order valence-corrected chi connectivity index (χ1v) is 14.3. The minimum Gasteiger partial charge on any atom is -0.481 e. The van der Waals surface area contributed by atoms with Crippen LogP contribution >= 0.6 is 0 Å². The number of aliphatic carboxylic acids is 1. The second-order valence-electron chi connectivity index (χ2n) is 15.3. The lowest BCUT2D eigenvalue weighted by molar-refractivity contribution is -0.226. The van der Waals surface area contributed by atoms with Crippen LogP contribution in [0.3, 0.4) is 0 Å². The van der Waals surface area contributed by atoms with E-state index < -0.39 is 17.0 Å². The summed E-state index contributed by atoms with van der Waals surface area (Å²) in [5, 5.41) is 33.6. The highest BCUT2D eigenvalue weighted by Crippen LogP contribution is 2.76. The zero-order valence-corrected chi connectivity index (χ0v) is 23.4. The molecule has 198 valence electrons. The van der Waals surface area contributed by atoms with Gasteiger partial charge in [-0.2, -0.15) is 0 Å². The lowest BCUT2D eigenvalue weighted by atomic mass is 9.32. The molecule has 0 saturated heterocycles. The Kier molecular flexibility index (Phi) is 5.42. The lowest BCUT2D eigenvalue weighted by Gasteiger charge is -2.72. The van der Waals surface area contributed by atoms with Crippen molar-refractivity contribution in [2.75, 3.05) is 0 Å². The third-order valence-corrected chi connectivity index (χ3v) is 13.7. The monoisotopic (exact) mass is 486 g/mol. The minimum atomic E-state index is -1.01. The maximum absolute atomic E-state index is 12.9. The van der Waals surface area contributed by atoms with Gasteiger partial charge in [0.05, 0.1) is 17.1 Å². The van der Waals surface area contributed by atoms with E-state index in [0.717, 1.165) is 38.5 Å². The van der Waals surface area contributed by atoms with Gasteiger partial charge in [-0.25, -0.2) is 0 Å². The SMILES string of the molecule is CC1CC2(C)C(CCC3(C)C2CC=C2C4C(C(=O)O)(CCC(C)C4(C)O)CCC23C)C(C)(C)C1O. The molecule has 0 aromatic carbocycles. The third-order valence-electron chi connectivity index (χ3n) is 13.7. The Hall–Kier alpha value is -0.870. The average molecular weight is 487 g/mol. The molecular formula is C31H50O4. The van der Waals surface area contributed by atoms with Gasteiger partial charge in [-0.3, -0.25) is 4.79 Å². The number of rotatable bonds is 1. The van der Waals surface area contributed by atoms with Gasteiger partial charge in [0, 0.05) is 5.92 Å². The molecule has 11 unspecified atom stereocenters. The number of hydrogen-bond acceptors (Lipinski definition) is 3. The number of fused-ring (bicyclic) bond motifs is 7. The number of hydrogen-bond donors (Lipinski definition) is 3. The Balaban J connectivity index is 1.65. The summed E-state index contributed by atoms with van der Waals surface area (Å²) in [6, 6.07) is 0. The van der Waals surface area contributed by atoms with Crippen LogP contribution in [-0.4, -0.2) is 33.0 Å². The molecule has 35 heavy (non-hydrogen) atoms. The highest BCUT2D eigenvalue weighted by Gasteiger charge is 2.71. The van der Waals surface area contributed by atoms with Crippen LogP contribution in [0.15, 0.2) is 11.6 Å². The van der Waals surface area contributed by atoms with E-state index in [1.807, 2.05) is 6.92 Å². The Morgan fingerprint density at radius 1 is 0.943 bits per heavy atom. The maximum Gasteiger partial charge on any atom is 0.310 e. The summed E-state index contributed by atoms with van der Waals surface area (Å²) in [6.45, 7) is 18.3. The third kappa shape index (κ3) is 2.90. The number of aliphatic hydroxyl groups is 2. The Labute approximate surface area is 213 Å². The normalized spacial score (nSPS) is 57.1. The smallest absolute Gasteiger partial charge is 0.310 e. The van der Waals surface area contributed by atoms with Crippen LogP contribution in [-0.2, 0) is 4.79 Å². The van der Waals surface area contributed by atoms with E-state index in [2.05, 4.69) is 54.5 Å². The Morgan fingerprint density at radius 2 is 1.60 bits per heavy atom. The van der Waals surface area contributed by atoms with Crippen LogP contribution < -0.4 is 0 Å². The molecule has 0 bridgehead atoms. The summed E-state index contributed by atoms with van der Waals surface area (Å²) in [5.74, 6) is 0.317. The van der Waals surface area contributed by atoms with Gasteiger partial charge in [0.25, 0.3) is 0 Å². The average Bonchev–Trinajstić information content (AvgIpc) is 2.75. The second kappa shape index (κ2) is 7.37. The van der Waals surface area contributed by atoms with Gasteiger partial charge in [0.15, 0.2) is 0 Å². The molecule has 4 nitrogen and oxygen atoms in total. The van der Waals surface area contributed by atoms with E-state index in [9.17, 15) is 20.1 Å². The van der Waals surface area contributed by atoms with Crippen molar-refractivity contribution in [1.82, 2.24) is 0 Å². The molecule has 0 aromatic rings. The van der Waals surface area contributed by atoms with Crippen LogP contribution in [0.25, 0.3) is 0 Å². The van der Waals surface area contributed by atoms with Crippen LogP contribution in [0, 0.1) is 56.7 Å². The minimum absolute atomic E-state index is 0.0574. The number of aliphatic hydroxyl groups excluding tert-OH is 1. The summed E-state index contributed by atoms with van der Waals surface area (Å²) in [5.41, 5.74) is -0.626. The molecule has 3 N–H and O–H groups in total. The second-order valence-corrected chi connectivity index (χ2v) is 15.3. The summed E-state index contributed by atoms with van der Waals surface area (Å²) >= 11 is 0. The molecule has 4 saturated carbocycles. The fraction of sp³-hybridized carbons (Fsp3) is 0.903. The fourth-order valence-electron chi connectivity index (χ4n) is 11.5. The number of carbonyl (C=O) groups is 1. The van der Waals surface area contributed by atoms with Crippen molar-refractivity contribution in [3.8, 4) is 0 Å². The quantitative estimate of drug-likeness (QED) is 0.372. The van der Waals surface area contributed by atoms with Gasteiger partial charge in [-0.15, -0.1) is 0 Å². The van der Waals surface area contributed by atoms with Gasteiger partial charge >= 0.3 is 5.97 Å². The van der Waals surface area contributed by atoms with E-state index in [0.29, 0.717) is 24.7 Å². The van der Waals surface area contributed by atoms with Gasteiger partial charge in [-0.05, 0) is 104 Å². The zero-order chi connectivity index (χ0) is 26.0. The zero-order valence-electron chi connectivity index (χ0n) is 23.4. The van der Waals surface area contributed by atoms with E-state index in [4.69, 9.17) is 0 Å². The van der Waals surface area contributed by atoms with E-state index in [-0.39, 0.29) is 45.5 Å². The molecule has 5 aliphatic rings. The molecule has 5 aliphatic carbocycles. The maximum atomic E-state index is 12.9. The molecule has 5 rings (SSSR count). The number of carboxylic acid groups (broad SMARTS) is 1. The fourth-order valence-corrected chi connectivity index (χ4v) is 11.5. The van der Waals surface area contributed by atoms with Gasteiger partial charge in [0.2, 0.25) is 0 Å². The molecule has 0 amide bonds. The van der Waals surface area contributed by atoms with E-state index in [1.165, 1.54) is 5.57 Å². The molecule has 4 fully saturated rings. The van der Waals surface area contributed by atoms with Gasteiger partial charge in [0.1, 0.15) is 0 Å². The first-order chi connectivity index (χ1) is 16.0. The number of carboxylic acids is 1. The van der Waals surface area contributed by atoms with Crippen molar-refractivity contribution in [1.29, 1.82) is 0 Å². The van der Waals surface area contributed by atoms with Crippen molar-refractivity contribution in [3.05, 3.63) is 11.6 Å². The highest BCUT2D eigenvalue weighted by atomic mass is 16.4. The standard InChI is InChI=1S/C31H50O4/c1-18-17-27(5)21(26(3,4)24(18)32)12-13-29(7)22(27)10-9-20-23-30(8,35)19(2)11-14-31(23,25(33)34)16-15-28(20,29)6/h9,18-19,21-24,32,35H,10-17H2,1-8H3,(H,33,34).